The molecule has 5 aliphatic carbocycles. The first-order chi connectivity index (χ1) is 8.96. The van der Waals surface area contributed by atoms with Crippen molar-refractivity contribution in [1.29, 1.82) is 0 Å². The molecule has 0 N–H and O–H groups in total. The predicted molar refractivity (Wildman–Crippen MR) is 68.6 cm³/mol. The molecule has 1 aliphatic heterocycles. The van der Waals surface area contributed by atoms with Crippen LogP contribution >= 0.6 is 34.8 Å². The van der Waals surface area contributed by atoms with Gasteiger partial charge in [0.1, 0.15) is 20.7 Å². The van der Waals surface area contributed by atoms with Gasteiger partial charge in [-0.05, 0) is 23.7 Å². The van der Waals surface area contributed by atoms with Gasteiger partial charge in [0.05, 0.1) is 6.10 Å². The van der Waals surface area contributed by atoms with Gasteiger partial charge in [0, 0.05) is 20.1 Å². The van der Waals surface area contributed by atoms with E-state index in [1.807, 2.05) is 0 Å². The molecule has 1 heterocycles. The van der Waals surface area contributed by atoms with Gasteiger partial charge in [0.25, 0.3) is 0 Å². The third-order valence-corrected chi connectivity index (χ3v) is 9.77. The number of hydrogen-bond donors (Lipinski definition) is 0. The fourth-order valence-electron chi connectivity index (χ4n) is 7.29. The minimum Gasteiger partial charge on any atom is -0.370 e. The zero-order valence-electron chi connectivity index (χ0n) is 10.4. The molecule has 19 heavy (non-hydrogen) atoms. The zero-order chi connectivity index (χ0) is 13.2. The highest BCUT2D eigenvalue weighted by molar-refractivity contribution is 6.42. The van der Waals surface area contributed by atoms with Crippen molar-refractivity contribution in [3.05, 3.63) is 0 Å². The van der Waals surface area contributed by atoms with Crippen LogP contribution in [-0.2, 0) is 14.2 Å². The Balaban J connectivity index is 1.76. The van der Waals surface area contributed by atoms with Crippen LogP contribution in [-0.4, -0.2) is 46.8 Å². The topological polar surface area (TPSA) is 27.7 Å². The number of halogens is 3. The minimum atomic E-state index is -1.04. The van der Waals surface area contributed by atoms with Crippen molar-refractivity contribution < 1.29 is 14.2 Å². The summed E-state index contributed by atoms with van der Waals surface area (Å²) in [6, 6.07) is 0. The highest BCUT2D eigenvalue weighted by Crippen LogP contribution is 2.96. The molecule has 6 heteroatoms. The number of hydrogen-bond acceptors (Lipinski definition) is 3. The Kier molecular flexibility index (Phi) is 1.48. The Bertz CT molecular complexity index is 553. The van der Waals surface area contributed by atoms with Crippen LogP contribution in [0.25, 0.3) is 0 Å². The Hall–Kier alpha value is 0.750. The highest BCUT2D eigenvalue weighted by atomic mass is 35.5. The molecule has 5 unspecified atom stereocenters. The second-order valence-corrected chi connectivity index (χ2v) is 8.83. The molecular weight excluding hydrogens is 310 g/mol. The van der Waals surface area contributed by atoms with Crippen LogP contribution in [0.15, 0.2) is 0 Å². The Morgan fingerprint density at radius 2 is 1.58 bits per heavy atom. The Morgan fingerprint density at radius 1 is 0.895 bits per heavy atom. The lowest BCUT2D eigenvalue weighted by molar-refractivity contribution is -0.279. The first-order valence-electron chi connectivity index (χ1n) is 6.79. The number of fused-ring (bicyclic) bond motifs is 5. The summed E-state index contributed by atoms with van der Waals surface area (Å²) in [6.07, 6.45) is 0.00805. The number of rotatable bonds is 2. The van der Waals surface area contributed by atoms with Crippen LogP contribution < -0.4 is 0 Å². The molecule has 10 atom stereocenters. The molecule has 6 fully saturated rings. The maximum Gasteiger partial charge on any atom is 0.211 e. The predicted octanol–water partition coefficient (Wildman–Crippen LogP) is 1.82. The fourth-order valence-corrected chi connectivity index (χ4v) is 9.77. The van der Waals surface area contributed by atoms with Crippen LogP contribution in [0, 0.1) is 29.6 Å². The van der Waals surface area contributed by atoms with E-state index >= 15 is 0 Å². The van der Waals surface area contributed by atoms with Crippen molar-refractivity contribution >= 4 is 34.8 Å². The molecule has 104 valence electrons. The van der Waals surface area contributed by atoms with E-state index in [-0.39, 0.29) is 12.2 Å². The zero-order valence-corrected chi connectivity index (χ0v) is 12.7. The van der Waals surface area contributed by atoms with Crippen molar-refractivity contribution in [3.63, 3.8) is 0 Å². The second-order valence-electron chi connectivity index (χ2n) is 6.99. The third-order valence-electron chi connectivity index (χ3n) is 7.41. The molecule has 6 rings (SSSR count). The van der Waals surface area contributed by atoms with E-state index in [4.69, 9.17) is 49.0 Å². The summed E-state index contributed by atoms with van der Waals surface area (Å²) in [5.74, 6) is 0.995. The average Bonchev–Trinajstić information content (AvgIpc) is 2.70. The van der Waals surface area contributed by atoms with Gasteiger partial charge in [-0.3, -0.25) is 0 Å². The number of alkyl halides is 3. The summed E-state index contributed by atoms with van der Waals surface area (Å²) in [7, 11) is 3.24. The van der Waals surface area contributed by atoms with E-state index in [1.54, 1.807) is 14.2 Å². The molecule has 0 spiro atoms. The van der Waals surface area contributed by atoms with Crippen LogP contribution in [0.1, 0.15) is 0 Å². The minimum absolute atomic E-state index is 0.263. The van der Waals surface area contributed by atoms with Crippen molar-refractivity contribution in [2.45, 2.75) is 32.6 Å². The van der Waals surface area contributed by atoms with Crippen LogP contribution in [0.4, 0.5) is 0 Å². The van der Waals surface area contributed by atoms with Crippen molar-refractivity contribution in [1.82, 2.24) is 0 Å². The van der Waals surface area contributed by atoms with E-state index in [1.165, 1.54) is 0 Å². The van der Waals surface area contributed by atoms with Gasteiger partial charge in [-0.1, -0.05) is 0 Å². The lowest BCUT2D eigenvalue weighted by Gasteiger charge is -2.66. The lowest BCUT2D eigenvalue weighted by atomic mass is 9.44. The molecule has 0 radical (unpaired) electrons. The van der Waals surface area contributed by atoms with Gasteiger partial charge in [-0.25, -0.2) is 0 Å². The molecule has 0 aromatic rings. The monoisotopic (exact) mass is 322 g/mol. The number of methoxy groups -OCH3 is 2. The summed E-state index contributed by atoms with van der Waals surface area (Å²) in [6.45, 7) is 0. The highest BCUT2D eigenvalue weighted by Gasteiger charge is 3.08. The average molecular weight is 324 g/mol. The van der Waals surface area contributed by atoms with Crippen LogP contribution in [0.5, 0.6) is 0 Å². The van der Waals surface area contributed by atoms with Crippen molar-refractivity contribution in [2.24, 2.45) is 29.6 Å². The molecule has 6 aliphatic rings. The Morgan fingerprint density at radius 3 is 2.21 bits per heavy atom. The molecule has 0 aromatic carbocycles. The largest absolute Gasteiger partial charge is 0.370 e. The van der Waals surface area contributed by atoms with E-state index in [0.717, 1.165) is 0 Å². The molecule has 0 aromatic heterocycles. The van der Waals surface area contributed by atoms with Gasteiger partial charge >= 0.3 is 0 Å². The van der Waals surface area contributed by atoms with E-state index in [0.29, 0.717) is 29.6 Å². The summed E-state index contributed by atoms with van der Waals surface area (Å²) in [5.41, 5.74) is 0. The van der Waals surface area contributed by atoms with Crippen LogP contribution in [0.3, 0.4) is 0 Å². The van der Waals surface area contributed by atoms with Gasteiger partial charge in [-0.15, -0.1) is 34.8 Å². The quantitative estimate of drug-likeness (QED) is 0.573. The standard InChI is InChI=1S/C13H13Cl3O3/c1-17-13(18-2)11(15)5-4-3-6(5)12(13,16)10(14)7(3)8(4)19-9(10)11/h3-9H,1-2H3/t3?,4?,5?,6?,7?,8-,9-,10+,11+,12-/m1/s1. The van der Waals surface area contributed by atoms with Gasteiger partial charge in [0.15, 0.2) is 0 Å². The first kappa shape index (κ1) is 11.3. The normalized spacial score (nSPS) is 78.5. The summed E-state index contributed by atoms with van der Waals surface area (Å²) in [5, 5.41) is 0. The first-order valence-corrected chi connectivity index (χ1v) is 7.92. The molecule has 2 bridgehead atoms. The van der Waals surface area contributed by atoms with Gasteiger partial charge in [-0.2, -0.15) is 0 Å². The SMILES string of the molecule is COC1(OC)[C@]2(Cl)C3C4C5C6[C@@H]4O[C@@H]2[C@]6(Cl)[C@]1(Cl)C53. The summed E-state index contributed by atoms with van der Waals surface area (Å²) >= 11 is 21.3. The maximum atomic E-state index is 7.14. The molecule has 1 saturated heterocycles. The smallest absolute Gasteiger partial charge is 0.211 e. The Labute approximate surface area is 125 Å². The molecule has 3 nitrogen and oxygen atoms in total. The van der Waals surface area contributed by atoms with E-state index < -0.39 is 20.4 Å². The third kappa shape index (κ3) is 0.574. The molecular formula is C13H13Cl3O3. The van der Waals surface area contributed by atoms with Crippen molar-refractivity contribution in [2.75, 3.05) is 14.2 Å². The summed E-state index contributed by atoms with van der Waals surface area (Å²) < 4.78 is 17.8. The summed E-state index contributed by atoms with van der Waals surface area (Å²) in [4.78, 5) is -2.14. The lowest BCUT2D eigenvalue weighted by Crippen LogP contribution is -2.72. The fraction of sp³-hybridized carbons (Fsp3) is 1.00. The molecule has 5 saturated carbocycles. The van der Waals surface area contributed by atoms with E-state index in [9.17, 15) is 0 Å². The van der Waals surface area contributed by atoms with Gasteiger partial charge in [0.2, 0.25) is 5.79 Å². The molecule has 0 amide bonds. The van der Waals surface area contributed by atoms with Crippen molar-refractivity contribution in [3.8, 4) is 0 Å². The van der Waals surface area contributed by atoms with E-state index in [2.05, 4.69) is 0 Å². The number of ether oxygens (including phenoxy) is 3. The maximum absolute atomic E-state index is 7.14. The second kappa shape index (κ2) is 2.49. The van der Waals surface area contributed by atoms with Gasteiger partial charge < -0.3 is 14.2 Å². The van der Waals surface area contributed by atoms with Crippen LogP contribution in [0.2, 0.25) is 0 Å².